The van der Waals surface area contributed by atoms with E-state index in [2.05, 4.69) is 61.6 Å². The van der Waals surface area contributed by atoms with Crippen LogP contribution in [0.2, 0.25) is 0 Å². The largest absolute Gasteiger partial charge is 0.356 e. The summed E-state index contributed by atoms with van der Waals surface area (Å²) in [6, 6.07) is 0. The number of nitrogens with one attached hydrogen (secondary N) is 1. The van der Waals surface area contributed by atoms with Crippen LogP contribution in [0.25, 0.3) is 0 Å². The van der Waals surface area contributed by atoms with Gasteiger partial charge >= 0.3 is 0 Å². The monoisotopic (exact) mass is 351 g/mol. The predicted octanol–water partition coefficient (Wildman–Crippen LogP) is 2.49. The zero-order chi connectivity index (χ0) is 18.5. The van der Waals surface area contributed by atoms with Gasteiger partial charge in [-0.2, -0.15) is 0 Å². The molecule has 5 nitrogen and oxygen atoms in total. The number of aliphatic imine (C=N–C) groups is 1. The van der Waals surface area contributed by atoms with E-state index >= 15 is 0 Å². The molecule has 2 saturated heterocycles. The van der Waals surface area contributed by atoms with Gasteiger partial charge in [-0.25, -0.2) is 0 Å². The van der Waals surface area contributed by atoms with Crippen molar-refractivity contribution in [1.29, 1.82) is 0 Å². The third kappa shape index (κ3) is 4.88. The first-order valence-corrected chi connectivity index (χ1v) is 10.3. The van der Waals surface area contributed by atoms with Gasteiger partial charge in [0.25, 0.3) is 0 Å². The summed E-state index contributed by atoms with van der Waals surface area (Å²) in [4.78, 5) is 12.5. The average Bonchev–Trinajstić information content (AvgIpc) is 2.59. The smallest absolute Gasteiger partial charge is 0.194 e. The molecular formula is C20H41N5. The summed E-state index contributed by atoms with van der Waals surface area (Å²) < 4.78 is 0. The second-order valence-electron chi connectivity index (χ2n) is 8.75. The van der Waals surface area contributed by atoms with Gasteiger partial charge in [-0.3, -0.25) is 4.99 Å². The number of unbranched alkanes of at least 4 members (excludes halogenated alkanes) is 1. The molecule has 0 aromatic rings. The Morgan fingerprint density at radius 2 is 1.60 bits per heavy atom. The van der Waals surface area contributed by atoms with Crippen molar-refractivity contribution < 1.29 is 0 Å². The van der Waals surface area contributed by atoms with Crippen molar-refractivity contribution in [3.63, 3.8) is 0 Å². The van der Waals surface area contributed by atoms with Crippen LogP contribution in [-0.4, -0.2) is 85.1 Å². The molecule has 0 spiro atoms. The molecule has 0 unspecified atom stereocenters. The SMILES string of the molecule is CCNC(=NCCCCN1CCN(CC)CC1)N1CC(C)(C)C1(C)C. The molecule has 0 aromatic heterocycles. The standard InChI is InChI=1S/C20H41N5/c1-7-21-18(25-17-19(3,4)20(25,5)6)22-11-9-10-12-24-15-13-23(8-2)14-16-24/h7-17H2,1-6H3,(H,21,22). The highest BCUT2D eigenvalue weighted by molar-refractivity contribution is 5.82. The third-order valence-corrected chi connectivity index (χ3v) is 6.53. The van der Waals surface area contributed by atoms with Gasteiger partial charge in [0.2, 0.25) is 0 Å². The summed E-state index contributed by atoms with van der Waals surface area (Å²) in [7, 11) is 0. The zero-order valence-electron chi connectivity index (χ0n) is 17.6. The minimum atomic E-state index is 0.174. The Morgan fingerprint density at radius 3 is 2.12 bits per heavy atom. The zero-order valence-corrected chi connectivity index (χ0v) is 17.6. The number of hydrogen-bond donors (Lipinski definition) is 1. The van der Waals surface area contributed by atoms with Crippen molar-refractivity contribution in [2.24, 2.45) is 10.4 Å². The minimum Gasteiger partial charge on any atom is -0.356 e. The first-order valence-electron chi connectivity index (χ1n) is 10.3. The summed E-state index contributed by atoms with van der Waals surface area (Å²) in [6.45, 7) is 24.1. The highest BCUT2D eigenvalue weighted by atomic mass is 15.4. The molecule has 2 rings (SSSR count). The molecule has 5 heteroatoms. The lowest BCUT2D eigenvalue weighted by molar-refractivity contribution is -0.0667. The number of likely N-dealkylation sites (N-methyl/N-ethyl adjacent to an activating group) is 1. The molecule has 25 heavy (non-hydrogen) atoms. The Balaban J connectivity index is 1.72. The molecule has 0 atom stereocenters. The van der Waals surface area contributed by atoms with E-state index in [0.717, 1.165) is 25.6 Å². The van der Waals surface area contributed by atoms with Gasteiger partial charge in [-0.15, -0.1) is 0 Å². The molecule has 2 aliphatic heterocycles. The quantitative estimate of drug-likeness (QED) is 0.434. The van der Waals surface area contributed by atoms with E-state index in [1.54, 1.807) is 0 Å². The fourth-order valence-corrected chi connectivity index (χ4v) is 3.76. The van der Waals surface area contributed by atoms with E-state index in [1.165, 1.54) is 52.1 Å². The predicted molar refractivity (Wildman–Crippen MR) is 108 cm³/mol. The molecule has 2 aliphatic rings. The Hall–Kier alpha value is -0.810. The molecule has 0 saturated carbocycles. The van der Waals surface area contributed by atoms with Gasteiger partial charge in [0.1, 0.15) is 0 Å². The molecule has 2 fully saturated rings. The van der Waals surface area contributed by atoms with Crippen LogP contribution >= 0.6 is 0 Å². The maximum Gasteiger partial charge on any atom is 0.194 e. The summed E-state index contributed by atoms with van der Waals surface area (Å²) in [5.74, 6) is 1.10. The first-order chi connectivity index (χ1) is 11.8. The fraction of sp³-hybridized carbons (Fsp3) is 0.950. The van der Waals surface area contributed by atoms with Crippen molar-refractivity contribution in [3.8, 4) is 0 Å². The Labute approximate surface area is 155 Å². The van der Waals surface area contributed by atoms with Crippen LogP contribution in [0.5, 0.6) is 0 Å². The average molecular weight is 352 g/mol. The van der Waals surface area contributed by atoms with Gasteiger partial charge < -0.3 is 20.0 Å². The van der Waals surface area contributed by atoms with Gasteiger partial charge in [0.05, 0.1) is 0 Å². The van der Waals surface area contributed by atoms with Gasteiger partial charge in [0, 0.05) is 56.8 Å². The normalized spacial score (nSPS) is 24.2. The first kappa shape index (κ1) is 20.5. The second kappa shape index (κ2) is 8.72. The molecule has 0 radical (unpaired) electrons. The number of likely N-dealkylation sites (tertiary alicyclic amines) is 1. The number of guanidine groups is 1. The van der Waals surface area contributed by atoms with E-state index in [-0.39, 0.29) is 5.54 Å². The number of piperazine rings is 1. The number of rotatable bonds is 7. The van der Waals surface area contributed by atoms with Crippen LogP contribution in [0.4, 0.5) is 0 Å². The van der Waals surface area contributed by atoms with E-state index in [4.69, 9.17) is 4.99 Å². The highest BCUT2D eigenvalue weighted by Gasteiger charge is 2.53. The number of hydrogen-bond acceptors (Lipinski definition) is 3. The van der Waals surface area contributed by atoms with Crippen LogP contribution in [0.3, 0.4) is 0 Å². The Kier molecular flexibility index (Phi) is 7.15. The lowest BCUT2D eigenvalue weighted by Crippen LogP contribution is -2.72. The van der Waals surface area contributed by atoms with Crippen molar-refractivity contribution in [2.45, 2.75) is 59.9 Å². The van der Waals surface area contributed by atoms with E-state index < -0.39 is 0 Å². The van der Waals surface area contributed by atoms with Gasteiger partial charge in [0.15, 0.2) is 5.96 Å². The second-order valence-corrected chi connectivity index (χ2v) is 8.75. The molecule has 146 valence electrons. The van der Waals surface area contributed by atoms with Crippen LogP contribution in [-0.2, 0) is 0 Å². The summed E-state index contributed by atoms with van der Waals surface area (Å²) in [6.07, 6.45) is 2.43. The topological polar surface area (TPSA) is 34.1 Å². The Morgan fingerprint density at radius 1 is 0.960 bits per heavy atom. The molecule has 1 N–H and O–H groups in total. The van der Waals surface area contributed by atoms with Crippen LogP contribution in [0.1, 0.15) is 54.4 Å². The molecule has 2 heterocycles. The third-order valence-electron chi connectivity index (χ3n) is 6.53. The van der Waals surface area contributed by atoms with Gasteiger partial charge in [-0.1, -0.05) is 20.8 Å². The molecular weight excluding hydrogens is 310 g/mol. The van der Waals surface area contributed by atoms with E-state index in [9.17, 15) is 0 Å². The number of nitrogens with zero attached hydrogens (tertiary/aromatic N) is 4. The van der Waals surface area contributed by atoms with Crippen molar-refractivity contribution >= 4 is 5.96 Å². The van der Waals surface area contributed by atoms with Crippen molar-refractivity contribution in [2.75, 3.05) is 58.9 Å². The summed E-state index contributed by atoms with van der Waals surface area (Å²) in [5, 5.41) is 3.49. The van der Waals surface area contributed by atoms with Crippen LogP contribution in [0.15, 0.2) is 4.99 Å². The maximum atomic E-state index is 4.91. The summed E-state index contributed by atoms with van der Waals surface area (Å²) >= 11 is 0. The van der Waals surface area contributed by atoms with Crippen LogP contribution in [0, 0.1) is 5.41 Å². The molecule has 0 aliphatic carbocycles. The van der Waals surface area contributed by atoms with E-state index in [0.29, 0.717) is 5.41 Å². The van der Waals surface area contributed by atoms with Crippen LogP contribution < -0.4 is 5.32 Å². The molecule has 0 amide bonds. The minimum absolute atomic E-state index is 0.174. The Bertz CT molecular complexity index is 435. The van der Waals surface area contributed by atoms with Gasteiger partial charge in [-0.05, 0) is 46.7 Å². The van der Waals surface area contributed by atoms with E-state index in [1.807, 2.05) is 0 Å². The highest BCUT2D eigenvalue weighted by Crippen LogP contribution is 2.46. The summed E-state index contributed by atoms with van der Waals surface area (Å²) in [5.41, 5.74) is 0.525. The maximum absolute atomic E-state index is 4.91. The van der Waals surface area contributed by atoms with Crippen molar-refractivity contribution in [1.82, 2.24) is 20.0 Å². The molecule has 0 aromatic carbocycles. The van der Waals surface area contributed by atoms with Crippen molar-refractivity contribution in [3.05, 3.63) is 0 Å². The lowest BCUT2D eigenvalue weighted by atomic mass is 9.65. The lowest BCUT2D eigenvalue weighted by Gasteiger charge is -2.62. The molecule has 0 bridgehead atoms. The fourth-order valence-electron chi connectivity index (χ4n) is 3.76.